The van der Waals surface area contributed by atoms with Crippen molar-refractivity contribution in [2.75, 3.05) is 20.3 Å². The number of Topliss-reactive ketones (excluding diaryl/α,β-unsaturated/α-hetero) is 1. The van der Waals surface area contributed by atoms with Gasteiger partial charge in [0.2, 0.25) is 0 Å². The first-order valence-electron chi connectivity index (χ1n) is 8.18. The second-order valence-electron chi connectivity index (χ2n) is 5.93. The van der Waals surface area contributed by atoms with E-state index in [0.29, 0.717) is 38.6 Å². The molecule has 0 unspecified atom stereocenters. The van der Waals surface area contributed by atoms with Crippen LogP contribution >= 0.6 is 43.5 Å². The molecule has 1 heterocycles. The third-order valence-corrected chi connectivity index (χ3v) is 5.58. The first-order valence-corrected chi connectivity index (χ1v) is 10.5. The normalized spacial score (nSPS) is 14.4. The average molecular weight is 531 g/mol. The van der Waals surface area contributed by atoms with Crippen LogP contribution in [0.3, 0.4) is 0 Å². The molecule has 0 saturated heterocycles. The molecule has 28 heavy (non-hydrogen) atoms. The second-order valence-corrected chi connectivity index (χ2v) is 7.75. The molecule has 0 amide bonds. The highest BCUT2D eigenvalue weighted by Crippen LogP contribution is 2.37. The molecule has 1 aliphatic heterocycles. The molecule has 5 nitrogen and oxygen atoms in total. The number of rotatable bonds is 5. The Morgan fingerprint density at radius 3 is 2.82 bits per heavy atom. The number of esters is 1. The first kappa shape index (κ1) is 20.9. The van der Waals surface area contributed by atoms with Crippen LogP contribution in [0.2, 0.25) is 5.02 Å². The largest absolute Gasteiger partial charge is 0.487 e. The maximum absolute atomic E-state index is 12.9. The summed E-state index contributed by atoms with van der Waals surface area (Å²) >= 11 is 13.0. The van der Waals surface area contributed by atoms with Crippen LogP contribution in [0.15, 0.2) is 40.4 Å². The third kappa shape index (κ3) is 4.59. The second kappa shape index (κ2) is 9.11. The number of carbonyl (C=O) groups is 2. The van der Waals surface area contributed by atoms with Gasteiger partial charge in [-0.2, -0.15) is 0 Å². The van der Waals surface area contributed by atoms with Crippen LogP contribution in [0.1, 0.15) is 21.5 Å². The Morgan fingerprint density at radius 2 is 2.11 bits per heavy atom. The van der Waals surface area contributed by atoms with Crippen LogP contribution in [0.5, 0.6) is 11.5 Å². The molecule has 3 rings (SSSR count). The van der Waals surface area contributed by atoms with Crippen molar-refractivity contribution in [3.05, 3.63) is 62.1 Å². The number of halogens is 3. The van der Waals surface area contributed by atoms with Gasteiger partial charge in [-0.3, -0.25) is 4.79 Å². The van der Waals surface area contributed by atoms with Gasteiger partial charge in [-0.15, -0.1) is 0 Å². The van der Waals surface area contributed by atoms with Gasteiger partial charge in [0, 0.05) is 10.9 Å². The fraction of sp³-hybridized carbons (Fsp3) is 0.200. The summed E-state index contributed by atoms with van der Waals surface area (Å²) in [5, 5.41) is 0.983. The number of methoxy groups -OCH3 is 1. The molecule has 2 aromatic rings. The molecular weight excluding hydrogens is 515 g/mol. The van der Waals surface area contributed by atoms with Crippen LogP contribution in [0.25, 0.3) is 6.08 Å². The van der Waals surface area contributed by atoms with Gasteiger partial charge in [0.1, 0.15) is 18.1 Å². The van der Waals surface area contributed by atoms with Crippen molar-refractivity contribution in [3.63, 3.8) is 0 Å². The molecule has 1 aliphatic rings. The predicted octanol–water partition coefficient (Wildman–Crippen LogP) is 5.21. The summed E-state index contributed by atoms with van der Waals surface area (Å²) in [6.45, 7) is -0.103. The predicted molar refractivity (Wildman–Crippen MR) is 114 cm³/mol. The third-order valence-electron chi connectivity index (χ3n) is 4.04. The van der Waals surface area contributed by atoms with Gasteiger partial charge in [-0.1, -0.05) is 33.6 Å². The van der Waals surface area contributed by atoms with Gasteiger partial charge < -0.3 is 14.2 Å². The van der Waals surface area contributed by atoms with Crippen molar-refractivity contribution in [2.45, 2.75) is 5.33 Å². The van der Waals surface area contributed by atoms with Gasteiger partial charge in [0.25, 0.3) is 0 Å². The lowest BCUT2D eigenvalue weighted by molar-refractivity contribution is -0.142. The van der Waals surface area contributed by atoms with E-state index in [9.17, 15) is 9.59 Å². The summed E-state index contributed by atoms with van der Waals surface area (Å²) in [6, 6.07) is 8.79. The Bertz CT molecular complexity index is 971. The fourth-order valence-electron chi connectivity index (χ4n) is 2.65. The summed E-state index contributed by atoms with van der Waals surface area (Å²) in [4.78, 5) is 24.2. The van der Waals surface area contributed by atoms with Gasteiger partial charge in [0.15, 0.2) is 12.4 Å². The molecule has 0 N–H and O–H groups in total. The molecule has 0 aromatic heterocycles. The summed E-state index contributed by atoms with van der Waals surface area (Å²) in [5.41, 5.74) is 2.69. The highest BCUT2D eigenvalue weighted by atomic mass is 79.9. The van der Waals surface area contributed by atoms with Crippen LogP contribution in [-0.4, -0.2) is 32.1 Å². The molecule has 0 aliphatic carbocycles. The van der Waals surface area contributed by atoms with Crippen LogP contribution in [-0.2, 0) is 14.9 Å². The zero-order valence-corrected chi connectivity index (χ0v) is 18.7. The number of benzene rings is 2. The maximum Gasteiger partial charge on any atom is 0.343 e. The summed E-state index contributed by atoms with van der Waals surface area (Å²) in [6.07, 6.45) is 1.72. The number of ketones is 1. The van der Waals surface area contributed by atoms with E-state index in [1.54, 1.807) is 24.3 Å². The Morgan fingerprint density at radius 1 is 1.32 bits per heavy atom. The Balaban J connectivity index is 1.89. The van der Waals surface area contributed by atoms with Crippen LogP contribution in [0, 0.1) is 0 Å². The number of fused-ring (bicyclic) bond motifs is 1. The molecular formula is C20H15Br2ClO5. The minimum absolute atomic E-state index is 0.100. The fourth-order valence-corrected chi connectivity index (χ4v) is 3.77. The average Bonchev–Trinajstić information content (AvgIpc) is 2.70. The summed E-state index contributed by atoms with van der Waals surface area (Å²) < 4.78 is 16.5. The number of hydrogen-bond donors (Lipinski definition) is 0. The monoisotopic (exact) mass is 528 g/mol. The SMILES string of the molecule is COC(=O)COc1cc(/C=C2\COc3c(Br)cc(CBr)cc3C2=O)ccc1Cl. The Labute approximate surface area is 183 Å². The lowest BCUT2D eigenvalue weighted by Crippen LogP contribution is -2.19. The van der Waals surface area contributed by atoms with Crippen LogP contribution < -0.4 is 9.47 Å². The topological polar surface area (TPSA) is 61.8 Å². The molecule has 0 spiro atoms. The molecule has 0 radical (unpaired) electrons. The zero-order valence-electron chi connectivity index (χ0n) is 14.8. The molecule has 0 bridgehead atoms. The van der Waals surface area contributed by atoms with Gasteiger partial charge in [0.05, 0.1) is 22.2 Å². The van der Waals surface area contributed by atoms with Gasteiger partial charge in [-0.25, -0.2) is 4.79 Å². The Kier molecular flexibility index (Phi) is 6.80. The van der Waals surface area contributed by atoms with E-state index in [4.69, 9.17) is 21.1 Å². The molecule has 0 fully saturated rings. The van der Waals surface area contributed by atoms with Crippen LogP contribution in [0.4, 0.5) is 0 Å². The standard InChI is InChI=1S/C20H15Br2ClO5/c1-26-18(24)10-27-17-7-11(2-3-16(17)23)4-13-9-28-20-14(19(13)25)5-12(8-21)6-15(20)22/h2-7H,8-10H2,1H3/b13-4+. The minimum Gasteiger partial charge on any atom is -0.487 e. The maximum atomic E-state index is 12.9. The van der Waals surface area contributed by atoms with Crippen molar-refractivity contribution >= 4 is 61.3 Å². The summed E-state index contributed by atoms with van der Waals surface area (Å²) in [5.74, 6) is 0.262. The number of alkyl halides is 1. The van der Waals surface area contributed by atoms with Crippen molar-refractivity contribution < 1.29 is 23.8 Å². The number of carbonyl (C=O) groups excluding carboxylic acids is 2. The smallest absolute Gasteiger partial charge is 0.343 e. The van der Waals surface area contributed by atoms with E-state index in [2.05, 4.69) is 36.6 Å². The first-order chi connectivity index (χ1) is 13.4. The lowest BCUT2D eigenvalue weighted by atomic mass is 9.97. The Hall–Kier alpha value is -1.83. The molecule has 0 saturated carbocycles. The van der Waals surface area contributed by atoms with Gasteiger partial charge in [-0.05, 0) is 57.4 Å². The molecule has 2 aromatic carbocycles. The molecule has 146 valence electrons. The van der Waals surface area contributed by atoms with Crippen molar-refractivity contribution in [1.82, 2.24) is 0 Å². The van der Waals surface area contributed by atoms with E-state index >= 15 is 0 Å². The minimum atomic E-state index is -0.513. The van der Waals surface area contributed by atoms with E-state index < -0.39 is 5.97 Å². The summed E-state index contributed by atoms with van der Waals surface area (Å²) in [7, 11) is 1.28. The van der Waals surface area contributed by atoms with Crippen molar-refractivity contribution in [1.29, 1.82) is 0 Å². The lowest BCUT2D eigenvalue weighted by Gasteiger charge is -2.21. The van der Waals surface area contributed by atoms with E-state index in [1.165, 1.54) is 7.11 Å². The van der Waals surface area contributed by atoms with E-state index in [1.807, 2.05) is 12.1 Å². The molecule has 8 heteroatoms. The van der Waals surface area contributed by atoms with Crippen molar-refractivity contribution in [2.24, 2.45) is 0 Å². The van der Waals surface area contributed by atoms with E-state index in [-0.39, 0.29) is 19.0 Å². The molecule has 0 atom stereocenters. The van der Waals surface area contributed by atoms with Gasteiger partial charge >= 0.3 is 5.97 Å². The highest BCUT2D eigenvalue weighted by Gasteiger charge is 2.26. The number of hydrogen-bond acceptors (Lipinski definition) is 5. The quantitative estimate of drug-likeness (QED) is 0.302. The number of ether oxygens (including phenoxy) is 3. The van der Waals surface area contributed by atoms with E-state index in [0.717, 1.165) is 10.0 Å². The zero-order chi connectivity index (χ0) is 20.3. The van der Waals surface area contributed by atoms with Crippen molar-refractivity contribution in [3.8, 4) is 11.5 Å². The highest BCUT2D eigenvalue weighted by molar-refractivity contribution is 9.10.